The Balaban J connectivity index is 1.25. The average Bonchev–Trinajstić information content (AvgIpc) is 2.74. The van der Waals surface area contributed by atoms with Gasteiger partial charge in [-0.05, 0) is 38.0 Å². The first-order valence-corrected chi connectivity index (χ1v) is 11.7. The molecule has 2 aliphatic heterocycles. The van der Waals surface area contributed by atoms with Gasteiger partial charge in [-0.2, -0.15) is 0 Å². The van der Waals surface area contributed by atoms with Crippen LogP contribution in [-0.4, -0.2) is 39.0 Å². The highest BCUT2D eigenvalue weighted by Gasteiger charge is 2.32. The van der Waals surface area contributed by atoms with Crippen LogP contribution in [0, 0.1) is 23.7 Å². The van der Waals surface area contributed by atoms with Crippen molar-refractivity contribution in [3.63, 3.8) is 0 Å². The van der Waals surface area contributed by atoms with E-state index in [0.717, 1.165) is 45.2 Å². The van der Waals surface area contributed by atoms with E-state index in [-0.39, 0.29) is 12.6 Å². The van der Waals surface area contributed by atoms with Crippen LogP contribution in [0.1, 0.15) is 84.5 Å². The molecule has 0 spiro atoms. The van der Waals surface area contributed by atoms with Crippen molar-refractivity contribution >= 4 is 0 Å². The van der Waals surface area contributed by atoms with E-state index in [1.807, 2.05) is 0 Å². The Morgan fingerprint density at radius 1 is 0.630 bits per heavy atom. The van der Waals surface area contributed by atoms with E-state index in [1.54, 1.807) is 0 Å². The fourth-order valence-corrected chi connectivity index (χ4v) is 4.84. The van der Waals surface area contributed by atoms with Crippen molar-refractivity contribution < 1.29 is 18.9 Å². The first-order valence-electron chi connectivity index (χ1n) is 11.7. The second kappa shape index (κ2) is 11.7. The first kappa shape index (κ1) is 21.5. The van der Waals surface area contributed by atoms with Gasteiger partial charge in [-0.3, -0.25) is 0 Å². The van der Waals surface area contributed by atoms with Gasteiger partial charge in [0.15, 0.2) is 12.6 Å². The van der Waals surface area contributed by atoms with Crippen LogP contribution in [0.5, 0.6) is 0 Å². The van der Waals surface area contributed by atoms with Crippen molar-refractivity contribution in [2.45, 2.75) is 97.1 Å². The quantitative estimate of drug-likeness (QED) is 0.491. The Kier molecular flexibility index (Phi) is 9.37. The van der Waals surface area contributed by atoms with Crippen LogP contribution in [0.2, 0.25) is 0 Å². The summed E-state index contributed by atoms with van der Waals surface area (Å²) >= 11 is 0. The van der Waals surface area contributed by atoms with Gasteiger partial charge < -0.3 is 18.9 Å². The van der Waals surface area contributed by atoms with Crippen molar-refractivity contribution in [2.24, 2.45) is 23.7 Å². The lowest BCUT2D eigenvalue weighted by atomic mass is 9.80. The molecule has 0 radical (unpaired) electrons. The normalized spacial score (nSPS) is 38.0. The molecular weight excluding hydrogens is 340 g/mol. The van der Waals surface area contributed by atoms with E-state index < -0.39 is 0 Å². The van der Waals surface area contributed by atoms with Gasteiger partial charge >= 0.3 is 0 Å². The maximum Gasteiger partial charge on any atom is 0.160 e. The molecule has 2 heterocycles. The lowest BCUT2D eigenvalue weighted by molar-refractivity contribution is -0.236. The molecule has 3 rings (SSSR count). The summed E-state index contributed by atoms with van der Waals surface area (Å²) in [5.74, 6) is 2.63. The molecule has 158 valence electrons. The minimum absolute atomic E-state index is 0.0190. The SMILES string of the molecule is CCCCC[C@H]1CO[C@H](CC[C@H]2CO[C@H](C3CCC(CC)CC3)OC2)OC1. The number of hydrogen-bond acceptors (Lipinski definition) is 4. The van der Waals surface area contributed by atoms with Gasteiger partial charge in [0.2, 0.25) is 0 Å². The van der Waals surface area contributed by atoms with Crippen LogP contribution in [0.3, 0.4) is 0 Å². The predicted octanol–water partition coefficient (Wildman–Crippen LogP) is 5.54. The molecule has 2 saturated heterocycles. The van der Waals surface area contributed by atoms with Gasteiger partial charge in [-0.15, -0.1) is 0 Å². The average molecular weight is 383 g/mol. The zero-order valence-corrected chi connectivity index (χ0v) is 17.7. The van der Waals surface area contributed by atoms with Crippen LogP contribution in [0.25, 0.3) is 0 Å². The summed E-state index contributed by atoms with van der Waals surface area (Å²) in [5.41, 5.74) is 0. The van der Waals surface area contributed by atoms with Crippen LogP contribution in [0.15, 0.2) is 0 Å². The summed E-state index contributed by atoms with van der Waals surface area (Å²) in [7, 11) is 0. The number of unbranched alkanes of at least 4 members (excludes halogenated alkanes) is 2. The van der Waals surface area contributed by atoms with E-state index in [2.05, 4.69) is 13.8 Å². The van der Waals surface area contributed by atoms with Crippen molar-refractivity contribution in [1.82, 2.24) is 0 Å². The molecule has 0 aromatic heterocycles. The monoisotopic (exact) mass is 382 g/mol. The molecule has 0 aromatic carbocycles. The number of ether oxygens (including phenoxy) is 4. The lowest BCUT2D eigenvalue weighted by Crippen LogP contribution is -2.39. The maximum atomic E-state index is 6.11. The summed E-state index contributed by atoms with van der Waals surface area (Å²) in [5, 5.41) is 0. The molecule has 0 aromatic rings. The molecule has 0 bridgehead atoms. The molecule has 1 saturated carbocycles. The Bertz CT molecular complexity index is 378. The van der Waals surface area contributed by atoms with Crippen LogP contribution in [-0.2, 0) is 18.9 Å². The van der Waals surface area contributed by atoms with E-state index in [9.17, 15) is 0 Å². The second-order valence-corrected chi connectivity index (χ2v) is 9.13. The third kappa shape index (κ3) is 6.99. The highest BCUT2D eigenvalue weighted by atomic mass is 16.7. The van der Waals surface area contributed by atoms with E-state index in [0.29, 0.717) is 17.8 Å². The van der Waals surface area contributed by atoms with Crippen LogP contribution in [0.4, 0.5) is 0 Å². The van der Waals surface area contributed by atoms with E-state index in [1.165, 1.54) is 57.8 Å². The van der Waals surface area contributed by atoms with E-state index >= 15 is 0 Å². The molecule has 0 amide bonds. The van der Waals surface area contributed by atoms with Gasteiger partial charge in [0.05, 0.1) is 26.4 Å². The summed E-state index contributed by atoms with van der Waals surface area (Å²) in [6.45, 7) is 7.98. The molecule has 0 atom stereocenters. The molecule has 0 N–H and O–H groups in total. The summed E-state index contributed by atoms with van der Waals surface area (Å²) in [6, 6.07) is 0. The third-order valence-corrected chi connectivity index (χ3v) is 6.91. The third-order valence-electron chi connectivity index (χ3n) is 6.91. The molecule has 27 heavy (non-hydrogen) atoms. The summed E-state index contributed by atoms with van der Waals surface area (Å²) in [6.07, 6.45) is 13.8. The summed E-state index contributed by atoms with van der Waals surface area (Å²) in [4.78, 5) is 0. The smallest absolute Gasteiger partial charge is 0.160 e. The number of rotatable bonds is 9. The van der Waals surface area contributed by atoms with Gasteiger partial charge in [-0.25, -0.2) is 0 Å². The minimum Gasteiger partial charge on any atom is -0.352 e. The molecule has 3 fully saturated rings. The second-order valence-electron chi connectivity index (χ2n) is 9.13. The first-order chi connectivity index (χ1) is 13.3. The predicted molar refractivity (Wildman–Crippen MR) is 107 cm³/mol. The fraction of sp³-hybridized carbons (Fsp3) is 1.00. The number of hydrogen-bond donors (Lipinski definition) is 0. The molecule has 0 unspecified atom stereocenters. The zero-order chi connectivity index (χ0) is 18.9. The summed E-state index contributed by atoms with van der Waals surface area (Å²) < 4.78 is 24.1. The van der Waals surface area contributed by atoms with Crippen molar-refractivity contribution in [2.75, 3.05) is 26.4 Å². The largest absolute Gasteiger partial charge is 0.352 e. The van der Waals surface area contributed by atoms with Crippen LogP contribution < -0.4 is 0 Å². The molecular formula is C23H42O4. The molecule has 4 nitrogen and oxygen atoms in total. The Morgan fingerprint density at radius 3 is 1.89 bits per heavy atom. The fourth-order valence-electron chi connectivity index (χ4n) is 4.84. The topological polar surface area (TPSA) is 36.9 Å². The van der Waals surface area contributed by atoms with Gasteiger partial charge in [-0.1, -0.05) is 52.4 Å². The zero-order valence-electron chi connectivity index (χ0n) is 17.7. The van der Waals surface area contributed by atoms with Gasteiger partial charge in [0, 0.05) is 17.8 Å². The Hall–Kier alpha value is -0.160. The molecule has 1 aliphatic carbocycles. The molecule has 4 heteroatoms. The van der Waals surface area contributed by atoms with Crippen molar-refractivity contribution in [3.8, 4) is 0 Å². The Morgan fingerprint density at radius 2 is 1.26 bits per heavy atom. The minimum atomic E-state index is -0.0190. The van der Waals surface area contributed by atoms with Crippen molar-refractivity contribution in [1.29, 1.82) is 0 Å². The van der Waals surface area contributed by atoms with Gasteiger partial charge in [0.1, 0.15) is 0 Å². The highest BCUT2D eigenvalue weighted by Crippen LogP contribution is 2.35. The molecule has 3 aliphatic rings. The Labute approximate surface area is 166 Å². The maximum absolute atomic E-state index is 6.11. The lowest BCUT2D eigenvalue weighted by Gasteiger charge is -2.38. The van der Waals surface area contributed by atoms with E-state index in [4.69, 9.17) is 18.9 Å². The van der Waals surface area contributed by atoms with Gasteiger partial charge in [0.25, 0.3) is 0 Å². The standard InChI is InChI=1S/C23H42O4/c1-3-5-6-7-19-14-24-22(25-15-19)13-10-20-16-26-23(27-17-20)21-11-8-18(4-2)9-12-21/h18-23H,3-17H2,1-2H3/t18?,19-,20-,21?,22-,23-. The van der Waals surface area contributed by atoms with Crippen LogP contribution >= 0.6 is 0 Å². The van der Waals surface area contributed by atoms with Crippen molar-refractivity contribution in [3.05, 3.63) is 0 Å². The highest BCUT2D eigenvalue weighted by molar-refractivity contribution is 4.77.